The summed E-state index contributed by atoms with van der Waals surface area (Å²) < 4.78 is 40.2. The van der Waals surface area contributed by atoms with Crippen LogP contribution in [0.5, 0.6) is 0 Å². The summed E-state index contributed by atoms with van der Waals surface area (Å²) in [6.07, 6.45) is 6.87. The zero-order valence-electron chi connectivity index (χ0n) is 20.1. The van der Waals surface area contributed by atoms with Crippen LogP contribution in [-0.2, 0) is 12.6 Å². The molecular formula is C28H33F3N4. The predicted molar refractivity (Wildman–Crippen MR) is 135 cm³/mol. The van der Waals surface area contributed by atoms with E-state index in [1.54, 1.807) is 11.6 Å². The Hall–Kier alpha value is -3.22. The highest BCUT2D eigenvalue weighted by molar-refractivity contribution is 5.65. The van der Waals surface area contributed by atoms with Gasteiger partial charge in [-0.15, -0.1) is 0 Å². The normalized spacial score (nSPS) is 16.6. The van der Waals surface area contributed by atoms with Gasteiger partial charge in [-0.2, -0.15) is 13.2 Å². The average Bonchev–Trinajstić information content (AvgIpc) is 2.88. The molecule has 1 aromatic carbocycles. The number of nitrogens with zero attached hydrogens (tertiary/aromatic N) is 3. The van der Waals surface area contributed by atoms with Gasteiger partial charge in [-0.05, 0) is 56.7 Å². The molecule has 2 heterocycles. The minimum Gasteiger partial charge on any atom is -0.368 e. The van der Waals surface area contributed by atoms with Crippen molar-refractivity contribution in [3.63, 3.8) is 0 Å². The van der Waals surface area contributed by atoms with Crippen molar-refractivity contribution in [3.05, 3.63) is 90.0 Å². The molecule has 0 atom stereocenters. The van der Waals surface area contributed by atoms with Crippen molar-refractivity contribution in [2.45, 2.75) is 44.7 Å². The van der Waals surface area contributed by atoms with Crippen molar-refractivity contribution in [2.24, 2.45) is 0 Å². The van der Waals surface area contributed by atoms with E-state index in [0.29, 0.717) is 31.9 Å². The van der Waals surface area contributed by atoms with Crippen molar-refractivity contribution in [1.29, 1.82) is 0 Å². The number of aryl methyl sites for hydroxylation is 1. The Kier molecular flexibility index (Phi) is 7.83. The zero-order valence-corrected chi connectivity index (χ0v) is 20.1. The standard InChI is InChI=1S/C28H33F3N4/c1-21(26-10-6-7-11-27(26)28(29,30)31)34-16-18-35(19-17-34)22(2)33-25-15-14-24(32-20-25)13-12-23-8-4-3-5-9-23/h6-8,10-11,14-15,20,33H,1-5,9,12-13,16-19H2. The molecule has 0 radical (unpaired) electrons. The molecule has 0 amide bonds. The molecule has 1 aliphatic heterocycles. The van der Waals surface area contributed by atoms with Crippen LogP contribution >= 0.6 is 0 Å². The van der Waals surface area contributed by atoms with Crippen LogP contribution in [-0.4, -0.2) is 41.0 Å². The summed E-state index contributed by atoms with van der Waals surface area (Å²) in [5.41, 5.74) is 3.40. The first kappa shape index (κ1) is 24.9. The van der Waals surface area contributed by atoms with Gasteiger partial charge in [0.1, 0.15) is 0 Å². The smallest absolute Gasteiger partial charge is 0.368 e. The van der Waals surface area contributed by atoms with E-state index in [4.69, 9.17) is 0 Å². The molecule has 1 N–H and O–H groups in total. The highest BCUT2D eigenvalue weighted by atomic mass is 19.4. The minimum absolute atomic E-state index is 0.136. The van der Waals surface area contributed by atoms with Gasteiger partial charge in [-0.3, -0.25) is 4.98 Å². The van der Waals surface area contributed by atoms with Gasteiger partial charge in [0.2, 0.25) is 0 Å². The first-order chi connectivity index (χ1) is 16.8. The molecule has 1 aromatic heterocycles. The van der Waals surface area contributed by atoms with Crippen LogP contribution in [0.2, 0.25) is 0 Å². The van der Waals surface area contributed by atoms with Crippen LogP contribution in [0.1, 0.15) is 48.9 Å². The highest BCUT2D eigenvalue weighted by Gasteiger charge is 2.34. The van der Waals surface area contributed by atoms with Gasteiger partial charge in [0.25, 0.3) is 0 Å². The molecule has 4 rings (SSSR count). The lowest BCUT2D eigenvalue weighted by atomic mass is 9.95. The summed E-state index contributed by atoms with van der Waals surface area (Å²) in [4.78, 5) is 8.61. The van der Waals surface area contributed by atoms with E-state index in [0.717, 1.165) is 36.1 Å². The number of pyridine rings is 1. The second-order valence-electron chi connectivity index (χ2n) is 9.18. The van der Waals surface area contributed by atoms with Crippen molar-refractivity contribution in [1.82, 2.24) is 14.8 Å². The number of hydrogen-bond acceptors (Lipinski definition) is 4. The molecule has 0 saturated carbocycles. The quantitative estimate of drug-likeness (QED) is 0.424. The molecule has 35 heavy (non-hydrogen) atoms. The molecule has 2 aromatic rings. The van der Waals surface area contributed by atoms with Gasteiger partial charge in [0.05, 0.1) is 23.3 Å². The SMILES string of the molecule is C=C(Nc1ccc(CCC2=CCCCC2)nc1)N1CCN(C(=C)c2ccccc2C(F)(F)F)CC1. The number of allylic oxidation sites excluding steroid dienone is 2. The van der Waals surface area contributed by atoms with E-state index < -0.39 is 11.7 Å². The Bertz CT molecular complexity index is 1060. The van der Waals surface area contributed by atoms with E-state index in [1.807, 2.05) is 17.2 Å². The molecule has 2 aliphatic rings. The van der Waals surface area contributed by atoms with Gasteiger partial charge >= 0.3 is 6.18 Å². The summed E-state index contributed by atoms with van der Waals surface area (Å²) in [5, 5.41) is 3.32. The third-order valence-electron chi connectivity index (χ3n) is 6.79. The van der Waals surface area contributed by atoms with Gasteiger partial charge < -0.3 is 15.1 Å². The largest absolute Gasteiger partial charge is 0.417 e. The van der Waals surface area contributed by atoms with Crippen molar-refractivity contribution in [3.8, 4) is 0 Å². The summed E-state index contributed by atoms with van der Waals surface area (Å²) in [6.45, 7) is 10.5. The Morgan fingerprint density at radius 2 is 1.69 bits per heavy atom. The van der Waals surface area contributed by atoms with E-state index in [-0.39, 0.29) is 5.56 Å². The molecule has 4 nitrogen and oxygen atoms in total. The number of hydrogen-bond donors (Lipinski definition) is 1. The molecule has 0 unspecified atom stereocenters. The van der Waals surface area contributed by atoms with Crippen LogP contribution in [0.15, 0.2) is 73.2 Å². The van der Waals surface area contributed by atoms with Gasteiger partial charge in [-0.25, -0.2) is 0 Å². The third kappa shape index (κ3) is 6.47. The van der Waals surface area contributed by atoms with Crippen LogP contribution in [0.3, 0.4) is 0 Å². The highest BCUT2D eigenvalue weighted by Crippen LogP contribution is 2.35. The number of benzene rings is 1. The Labute approximate surface area is 205 Å². The monoisotopic (exact) mass is 482 g/mol. The molecule has 0 spiro atoms. The van der Waals surface area contributed by atoms with Gasteiger partial charge in [-0.1, -0.05) is 43.0 Å². The topological polar surface area (TPSA) is 31.4 Å². The lowest BCUT2D eigenvalue weighted by molar-refractivity contribution is -0.137. The number of nitrogens with one attached hydrogen (secondary N) is 1. The molecule has 1 fully saturated rings. The minimum atomic E-state index is -4.41. The third-order valence-corrected chi connectivity index (χ3v) is 6.79. The average molecular weight is 483 g/mol. The lowest BCUT2D eigenvalue weighted by Gasteiger charge is -2.39. The summed E-state index contributed by atoms with van der Waals surface area (Å²) in [6, 6.07) is 9.69. The number of anilines is 1. The van der Waals surface area contributed by atoms with E-state index in [2.05, 4.69) is 40.5 Å². The molecule has 1 saturated heterocycles. The fraction of sp³-hybridized carbons (Fsp3) is 0.393. The summed E-state index contributed by atoms with van der Waals surface area (Å²) >= 11 is 0. The van der Waals surface area contributed by atoms with E-state index in [1.165, 1.54) is 37.8 Å². The predicted octanol–water partition coefficient (Wildman–Crippen LogP) is 6.71. The second-order valence-corrected chi connectivity index (χ2v) is 9.18. The van der Waals surface area contributed by atoms with Crippen molar-refractivity contribution < 1.29 is 13.2 Å². The van der Waals surface area contributed by atoms with Crippen molar-refractivity contribution in [2.75, 3.05) is 31.5 Å². The molecule has 1 aliphatic carbocycles. The first-order valence-corrected chi connectivity index (χ1v) is 12.3. The molecular weight excluding hydrogens is 449 g/mol. The number of alkyl halides is 3. The summed E-state index contributed by atoms with van der Waals surface area (Å²) in [7, 11) is 0. The van der Waals surface area contributed by atoms with Crippen LogP contribution in [0.25, 0.3) is 5.70 Å². The molecule has 7 heteroatoms. The van der Waals surface area contributed by atoms with Crippen LogP contribution in [0.4, 0.5) is 18.9 Å². The van der Waals surface area contributed by atoms with Crippen LogP contribution < -0.4 is 5.32 Å². The maximum atomic E-state index is 13.4. The first-order valence-electron chi connectivity index (χ1n) is 12.3. The fourth-order valence-electron chi connectivity index (χ4n) is 4.71. The number of aromatic nitrogens is 1. The molecule has 0 bridgehead atoms. The van der Waals surface area contributed by atoms with Crippen LogP contribution in [0, 0.1) is 0 Å². The Balaban J connectivity index is 1.27. The summed E-state index contributed by atoms with van der Waals surface area (Å²) in [5.74, 6) is 0.757. The Morgan fingerprint density at radius 1 is 0.943 bits per heavy atom. The maximum absolute atomic E-state index is 13.4. The number of rotatable bonds is 8. The maximum Gasteiger partial charge on any atom is 0.417 e. The van der Waals surface area contributed by atoms with E-state index in [9.17, 15) is 13.2 Å². The Morgan fingerprint density at radius 3 is 2.34 bits per heavy atom. The number of halogens is 3. The fourth-order valence-corrected chi connectivity index (χ4v) is 4.71. The zero-order chi connectivity index (χ0) is 24.8. The van der Waals surface area contributed by atoms with E-state index >= 15 is 0 Å². The second kappa shape index (κ2) is 11.0. The molecule has 186 valence electrons. The lowest BCUT2D eigenvalue weighted by Crippen LogP contribution is -2.45. The van der Waals surface area contributed by atoms with Gasteiger partial charge in [0.15, 0.2) is 0 Å². The van der Waals surface area contributed by atoms with Gasteiger partial charge in [0, 0.05) is 43.1 Å². The number of piperazine rings is 1. The van der Waals surface area contributed by atoms with Crippen molar-refractivity contribution >= 4 is 11.4 Å².